The number of carbonyl (C=O) groups is 1. The van der Waals surface area contributed by atoms with Crippen molar-refractivity contribution < 1.29 is 26.7 Å². The molecule has 0 aliphatic heterocycles. The lowest BCUT2D eigenvalue weighted by atomic mass is 9.79. The van der Waals surface area contributed by atoms with E-state index in [1.807, 2.05) is 0 Å². The van der Waals surface area contributed by atoms with Gasteiger partial charge in [-0.3, -0.25) is 4.79 Å². The minimum atomic E-state index is -2.30. The van der Waals surface area contributed by atoms with Gasteiger partial charge in [-0.25, -0.2) is 22.0 Å². The molecule has 1 aromatic carbocycles. The van der Waals surface area contributed by atoms with E-state index in [-0.39, 0.29) is 0 Å². The van der Waals surface area contributed by atoms with Gasteiger partial charge in [-0.2, -0.15) is 5.26 Å². The molecule has 0 amide bonds. The van der Waals surface area contributed by atoms with Crippen LogP contribution in [0.1, 0.15) is 25.8 Å². The number of hydrogen-bond acceptors (Lipinski definition) is 2. The summed E-state index contributed by atoms with van der Waals surface area (Å²) >= 11 is 0. The van der Waals surface area contributed by atoms with E-state index in [0.717, 1.165) is 13.8 Å². The van der Waals surface area contributed by atoms with Gasteiger partial charge in [0.25, 0.3) is 0 Å². The van der Waals surface area contributed by atoms with Crippen LogP contribution in [0.3, 0.4) is 0 Å². The van der Waals surface area contributed by atoms with E-state index >= 15 is 0 Å². The van der Waals surface area contributed by atoms with Crippen LogP contribution in [0.5, 0.6) is 0 Å². The van der Waals surface area contributed by atoms with Crippen molar-refractivity contribution in [2.75, 3.05) is 0 Å². The number of benzene rings is 1. The average Bonchev–Trinajstić information content (AvgIpc) is 2.33. The number of rotatable bonds is 3. The highest BCUT2D eigenvalue weighted by Gasteiger charge is 2.39. The van der Waals surface area contributed by atoms with Crippen LogP contribution in [0.25, 0.3) is 0 Å². The maximum Gasteiger partial charge on any atom is 0.200 e. The van der Waals surface area contributed by atoms with E-state index in [4.69, 9.17) is 5.26 Å². The van der Waals surface area contributed by atoms with Crippen molar-refractivity contribution in [1.82, 2.24) is 0 Å². The highest BCUT2D eigenvalue weighted by atomic mass is 19.2. The van der Waals surface area contributed by atoms with Gasteiger partial charge in [-0.1, -0.05) is 0 Å². The molecule has 1 atom stereocenters. The largest absolute Gasteiger partial charge is 0.300 e. The summed E-state index contributed by atoms with van der Waals surface area (Å²) in [5.41, 5.74) is -3.42. The summed E-state index contributed by atoms with van der Waals surface area (Å²) in [5.74, 6) is -11.4. The van der Waals surface area contributed by atoms with Crippen LogP contribution in [0.15, 0.2) is 0 Å². The van der Waals surface area contributed by atoms with Crippen LogP contribution in [-0.4, -0.2) is 5.78 Å². The predicted molar refractivity (Wildman–Crippen MR) is 54.5 cm³/mol. The summed E-state index contributed by atoms with van der Waals surface area (Å²) in [4.78, 5) is 11.0. The van der Waals surface area contributed by atoms with E-state index in [0.29, 0.717) is 0 Å². The molecule has 1 aromatic rings. The molecular formula is C12H8F5NO. The fraction of sp³-hybridized carbons (Fsp3) is 0.333. The summed E-state index contributed by atoms with van der Waals surface area (Å²) in [5, 5.41) is 8.91. The van der Waals surface area contributed by atoms with Crippen LogP contribution in [0.4, 0.5) is 22.0 Å². The molecule has 0 aliphatic carbocycles. The second-order valence-electron chi connectivity index (χ2n) is 4.27. The minimum Gasteiger partial charge on any atom is -0.300 e. The van der Waals surface area contributed by atoms with Crippen LogP contribution in [0, 0.1) is 40.4 Å². The maximum absolute atomic E-state index is 13.6. The number of Topliss-reactive ketones (excluding diaryl/α,β-unsaturated/α-hetero) is 1. The molecule has 0 spiro atoms. The fourth-order valence-electron chi connectivity index (χ4n) is 1.77. The topological polar surface area (TPSA) is 40.9 Å². The first-order valence-corrected chi connectivity index (χ1v) is 5.08. The Bertz CT molecular complexity index is 564. The normalized spacial score (nSPS) is 13.8. The van der Waals surface area contributed by atoms with E-state index in [2.05, 4.69) is 0 Å². The molecule has 1 unspecified atom stereocenters. The summed E-state index contributed by atoms with van der Waals surface area (Å²) in [6.07, 6.45) is -0.665. The first-order valence-electron chi connectivity index (χ1n) is 5.08. The van der Waals surface area contributed by atoms with Crippen LogP contribution in [0.2, 0.25) is 0 Å². The third kappa shape index (κ3) is 2.43. The molecular weight excluding hydrogens is 269 g/mol. The Hall–Kier alpha value is -1.97. The SMILES string of the molecule is CC(=O)CC(C)(C#N)c1c(F)c(F)c(F)c(F)c1F. The van der Waals surface area contributed by atoms with Crippen LogP contribution >= 0.6 is 0 Å². The number of ketones is 1. The van der Waals surface area contributed by atoms with Gasteiger partial charge in [0.2, 0.25) is 5.82 Å². The second kappa shape index (κ2) is 4.96. The quantitative estimate of drug-likeness (QED) is 0.484. The Morgan fingerprint density at radius 2 is 1.42 bits per heavy atom. The molecule has 0 aromatic heterocycles. The molecule has 102 valence electrons. The Morgan fingerprint density at radius 3 is 1.74 bits per heavy atom. The molecule has 19 heavy (non-hydrogen) atoms. The van der Waals surface area contributed by atoms with Crippen molar-refractivity contribution in [1.29, 1.82) is 5.26 Å². The molecule has 0 heterocycles. The average molecular weight is 277 g/mol. The van der Waals surface area contributed by atoms with Crippen molar-refractivity contribution in [3.63, 3.8) is 0 Å². The van der Waals surface area contributed by atoms with E-state index < -0.39 is 52.3 Å². The van der Waals surface area contributed by atoms with Gasteiger partial charge in [0.1, 0.15) is 5.78 Å². The minimum absolute atomic E-state index is 0.618. The molecule has 1 rings (SSSR count). The van der Waals surface area contributed by atoms with Crippen molar-refractivity contribution in [2.24, 2.45) is 0 Å². The Balaban J connectivity index is 3.68. The van der Waals surface area contributed by atoms with Gasteiger partial charge in [-0.15, -0.1) is 0 Å². The van der Waals surface area contributed by atoms with Gasteiger partial charge >= 0.3 is 0 Å². The van der Waals surface area contributed by atoms with Gasteiger partial charge in [-0.05, 0) is 13.8 Å². The summed E-state index contributed by atoms with van der Waals surface area (Å²) < 4.78 is 66.1. The van der Waals surface area contributed by atoms with E-state index in [1.54, 1.807) is 0 Å². The molecule has 0 bridgehead atoms. The summed E-state index contributed by atoms with van der Waals surface area (Å²) in [6.45, 7) is 1.98. The zero-order valence-electron chi connectivity index (χ0n) is 9.95. The van der Waals surface area contributed by atoms with Gasteiger partial charge < -0.3 is 0 Å². The number of halogens is 5. The van der Waals surface area contributed by atoms with Crippen LogP contribution in [-0.2, 0) is 10.2 Å². The molecule has 2 nitrogen and oxygen atoms in total. The zero-order valence-corrected chi connectivity index (χ0v) is 9.95. The van der Waals surface area contributed by atoms with Gasteiger partial charge in [0.05, 0.1) is 17.0 Å². The third-order valence-electron chi connectivity index (χ3n) is 2.61. The maximum atomic E-state index is 13.6. The lowest BCUT2D eigenvalue weighted by molar-refractivity contribution is -0.117. The molecule has 0 saturated carbocycles. The summed E-state index contributed by atoms with van der Waals surface area (Å²) in [6, 6.07) is 1.43. The molecule has 0 fully saturated rings. The molecule has 0 aliphatic rings. The number of carbonyl (C=O) groups excluding carboxylic acids is 1. The Labute approximate surface area is 105 Å². The molecule has 0 N–H and O–H groups in total. The van der Waals surface area contributed by atoms with Crippen molar-refractivity contribution in [3.8, 4) is 6.07 Å². The first-order chi connectivity index (χ1) is 8.65. The van der Waals surface area contributed by atoms with Gasteiger partial charge in [0.15, 0.2) is 23.3 Å². The standard InChI is InChI=1S/C12H8F5NO/c1-5(19)3-12(2,4-18)6-7(13)9(15)11(17)10(16)8(6)14/h3H2,1-2H3. The lowest BCUT2D eigenvalue weighted by Gasteiger charge is -2.22. The first kappa shape index (κ1) is 15.1. The fourth-order valence-corrected chi connectivity index (χ4v) is 1.77. The monoisotopic (exact) mass is 277 g/mol. The molecule has 0 saturated heterocycles. The highest BCUT2D eigenvalue weighted by Crippen LogP contribution is 2.35. The smallest absolute Gasteiger partial charge is 0.200 e. The van der Waals surface area contributed by atoms with E-state index in [9.17, 15) is 26.7 Å². The second-order valence-corrected chi connectivity index (χ2v) is 4.27. The highest BCUT2D eigenvalue weighted by molar-refractivity contribution is 5.78. The van der Waals surface area contributed by atoms with Crippen molar-refractivity contribution in [2.45, 2.75) is 25.7 Å². The number of nitrogens with zero attached hydrogens (tertiary/aromatic N) is 1. The van der Waals surface area contributed by atoms with Crippen molar-refractivity contribution >= 4 is 5.78 Å². The summed E-state index contributed by atoms with van der Waals surface area (Å²) in [7, 11) is 0. The van der Waals surface area contributed by atoms with Crippen molar-refractivity contribution in [3.05, 3.63) is 34.6 Å². The van der Waals surface area contributed by atoms with E-state index in [1.165, 1.54) is 6.07 Å². The Morgan fingerprint density at radius 1 is 1.05 bits per heavy atom. The Kier molecular flexibility index (Phi) is 3.94. The van der Waals surface area contributed by atoms with Crippen LogP contribution < -0.4 is 0 Å². The molecule has 7 heteroatoms. The lowest BCUT2D eigenvalue weighted by Crippen LogP contribution is -2.27. The van der Waals surface area contributed by atoms with Gasteiger partial charge in [0, 0.05) is 6.42 Å². The predicted octanol–water partition coefficient (Wildman–Crippen LogP) is 3.14. The number of hydrogen-bond donors (Lipinski definition) is 0. The third-order valence-corrected chi connectivity index (χ3v) is 2.61. The molecule has 0 radical (unpaired) electrons. The zero-order chi connectivity index (χ0) is 15.0. The number of nitriles is 1.